The topological polar surface area (TPSA) is 52.7 Å². The molecule has 1 aliphatic heterocycles. The predicted molar refractivity (Wildman–Crippen MR) is 92.1 cm³/mol. The van der Waals surface area contributed by atoms with Crippen LogP contribution in [0, 0.1) is 0 Å². The molecule has 0 bridgehead atoms. The Labute approximate surface area is 141 Å². The van der Waals surface area contributed by atoms with Crippen LogP contribution in [0.5, 0.6) is 0 Å². The summed E-state index contributed by atoms with van der Waals surface area (Å²) in [6, 6.07) is 4.25. The van der Waals surface area contributed by atoms with E-state index in [1.807, 2.05) is 35.4 Å². The maximum Gasteiger partial charge on any atom is 0.246 e. The number of thiophene rings is 1. The number of nitrogens with one attached hydrogen (secondary N) is 1. The predicted octanol–water partition coefficient (Wildman–Crippen LogP) is 1.57. The lowest BCUT2D eigenvalue weighted by Crippen LogP contribution is -2.55. The third kappa shape index (κ3) is 4.42. The first kappa shape index (κ1) is 16.2. The summed E-state index contributed by atoms with van der Waals surface area (Å²) >= 11 is 1.62. The van der Waals surface area contributed by atoms with Crippen LogP contribution in [0.2, 0.25) is 0 Å². The molecule has 6 heteroatoms. The summed E-state index contributed by atoms with van der Waals surface area (Å²) in [5, 5.41) is 5.05. The van der Waals surface area contributed by atoms with Crippen molar-refractivity contribution >= 4 is 29.2 Å². The number of rotatable bonds is 5. The Morgan fingerprint density at radius 2 is 2.04 bits per heavy atom. The molecule has 5 nitrogen and oxygen atoms in total. The minimum absolute atomic E-state index is 0.0492. The zero-order valence-electron chi connectivity index (χ0n) is 13.4. The second-order valence-corrected chi connectivity index (χ2v) is 7.15. The lowest BCUT2D eigenvalue weighted by Gasteiger charge is -2.37. The summed E-state index contributed by atoms with van der Waals surface area (Å²) in [6.45, 7) is 4.80. The fraction of sp³-hybridized carbons (Fsp3) is 0.529. The molecule has 2 fully saturated rings. The first-order valence-corrected chi connectivity index (χ1v) is 9.06. The molecule has 2 heterocycles. The van der Waals surface area contributed by atoms with Crippen molar-refractivity contribution in [2.24, 2.45) is 0 Å². The molecule has 1 atom stereocenters. The molecular formula is C17H23N3O2S. The van der Waals surface area contributed by atoms with Gasteiger partial charge in [0.1, 0.15) is 0 Å². The zero-order chi connectivity index (χ0) is 16.2. The molecule has 1 aromatic heterocycles. The van der Waals surface area contributed by atoms with Gasteiger partial charge in [-0.2, -0.15) is 0 Å². The molecule has 1 N–H and O–H groups in total. The molecule has 1 unspecified atom stereocenters. The number of carbonyl (C=O) groups excluding carboxylic acids is 2. The van der Waals surface area contributed by atoms with Crippen molar-refractivity contribution < 1.29 is 9.59 Å². The summed E-state index contributed by atoms with van der Waals surface area (Å²) in [6.07, 6.45) is 5.73. The number of amides is 2. The Balaban J connectivity index is 1.45. The monoisotopic (exact) mass is 333 g/mol. The number of piperazine rings is 1. The van der Waals surface area contributed by atoms with Gasteiger partial charge < -0.3 is 10.2 Å². The molecule has 0 radical (unpaired) electrons. The van der Waals surface area contributed by atoms with E-state index in [9.17, 15) is 9.59 Å². The largest absolute Gasteiger partial charge is 0.352 e. The lowest BCUT2D eigenvalue weighted by molar-refractivity contribution is -0.130. The Bertz CT molecular complexity index is 573. The Morgan fingerprint density at radius 3 is 2.65 bits per heavy atom. The number of hydrogen-bond acceptors (Lipinski definition) is 4. The highest BCUT2D eigenvalue weighted by molar-refractivity contribution is 7.10. The lowest BCUT2D eigenvalue weighted by atomic mass is 10.2. The molecule has 124 valence electrons. The SMILES string of the molecule is CC(C(=O)NC1CC1)N1CCN(C(=O)/C=C/c2cccs2)CC1. The van der Waals surface area contributed by atoms with Gasteiger partial charge in [0.2, 0.25) is 11.8 Å². The third-order valence-corrected chi connectivity index (χ3v) is 5.25. The Morgan fingerprint density at radius 1 is 1.30 bits per heavy atom. The summed E-state index contributed by atoms with van der Waals surface area (Å²) in [5.41, 5.74) is 0. The average Bonchev–Trinajstić information content (AvgIpc) is 3.23. The molecule has 1 aliphatic carbocycles. The van der Waals surface area contributed by atoms with Crippen molar-refractivity contribution in [1.82, 2.24) is 15.1 Å². The van der Waals surface area contributed by atoms with Gasteiger partial charge in [-0.25, -0.2) is 0 Å². The summed E-state index contributed by atoms with van der Waals surface area (Å²) in [7, 11) is 0. The van der Waals surface area contributed by atoms with E-state index in [0.717, 1.165) is 30.8 Å². The van der Waals surface area contributed by atoms with Crippen LogP contribution in [0.4, 0.5) is 0 Å². The molecule has 2 amide bonds. The van der Waals surface area contributed by atoms with Crippen LogP contribution in [0.1, 0.15) is 24.6 Å². The van der Waals surface area contributed by atoms with Crippen LogP contribution in [-0.4, -0.2) is 59.9 Å². The maximum absolute atomic E-state index is 12.2. The highest BCUT2D eigenvalue weighted by Crippen LogP contribution is 2.19. The molecule has 0 aromatic carbocycles. The van der Waals surface area contributed by atoms with E-state index in [1.165, 1.54) is 0 Å². The number of hydrogen-bond donors (Lipinski definition) is 1. The molecule has 0 spiro atoms. The van der Waals surface area contributed by atoms with Gasteiger partial charge in [0, 0.05) is 43.2 Å². The van der Waals surface area contributed by atoms with Gasteiger partial charge >= 0.3 is 0 Å². The normalized spacial score (nSPS) is 20.7. The number of carbonyl (C=O) groups is 2. The minimum Gasteiger partial charge on any atom is -0.352 e. The quantitative estimate of drug-likeness (QED) is 0.832. The zero-order valence-corrected chi connectivity index (χ0v) is 14.2. The van der Waals surface area contributed by atoms with Crippen LogP contribution in [0.25, 0.3) is 6.08 Å². The first-order chi connectivity index (χ1) is 11.1. The standard InChI is InChI=1S/C17H23N3O2S/c1-13(17(22)18-14-4-5-14)19-8-10-20(11-9-19)16(21)7-6-15-3-2-12-23-15/h2-3,6-7,12-14H,4-5,8-11H2,1H3,(H,18,22)/b7-6+. The maximum atomic E-state index is 12.2. The van der Waals surface area contributed by atoms with Crippen LogP contribution in [0.3, 0.4) is 0 Å². The van der Waals surface area contributed by atoms with Gasteiger partial charge in [-0.1, -0.05) is 6.07 Å². The third-order valence-electron chi connectivity index (χ3n) is 4.41. The van der Waals surface area contributed by atoms with Gasteiger partial charge in [0.25, 0.3) is 0 Å². The van der Waals surface area contributed by atoms with Crippen molar-refractivity contribution in [3.05, 3.63) is 28.5 Å². The van der Waals surface area contributed by atoms with Crippen LogP contribution in [0.15, 0.2) is 23.6 Å². The van der Waals surface area contributed by atoms with Crippen molar-refractivity contribution in [1.29, 1.82) is 0 Å². The smallest absolute Gasteiger partial charge is 0.246 e. The van der Waals surface area contributed by atoms with Crippen molar-refractivity contribution in [3.8, 4) is 0 Å². The number of nitrogens with zero attached hydrogens (tertiary/aromatic N) is 2. The van der Waals surface area contributed by atoms with Crippen molar-refractivity contribution in [3.63, 3.8) is 0 Å². The second kappa shape index (κ2) is 7.27. The van der Waals surface area contributed by atoms with E-state index in [-0.39, 0.29) is 17.9 Å². The fourth-order valence-corrected chi connectivity index (χ4v) is 3.31. The van der Waals surface area contributed by atoms with Crippen LogP contribution in [-0.2, 0) is 9.59 Å². The van der Waals surface area contributed by atoms with Gasteiger partial charge in [0.05, 0.1) is 6.04 Å². The Kier molecular flexibility index (Phi) is 5.13. The van der Waals surface area contributed by atoms with Gasteiger partial charge in [-0.05, 0) is 37.3 Å². The Hall–Kier alpha value is -1.66. The summed E-state index contributed by atoms with van der Waals surface area (Å²) < 4.78 is 0. The van der Waals surface area contributed by atoms with Crippen LogP contribution >= 0.6 is 11.3 Å². The van der Waals surface area contributed by atoms with E-state index in [2.05, 4.69) is 10.2 Å². The van der Waals surface area contributed by atoms with E-state index in [4.69, 9.17) is 0 Å². The van der Waals surface area contributed by atoms with Crippen LogP contribution < -0.4 is 5.32 Å². The minimum atomic E-state index is -0.116. The summed E-state index contributed by atoms with van der Waals surface area (Å²) in [5.74, 6) is 0.165. The summed E-state index contributed by atoms with van der Waals surface area (Å²) in [4.78, 5) is 29.4. The van der Waals surface area contributed by atoms with Gasteiger partial charge in [-0.3, -0.25) is 14.5 Å². The first-order valence-electron chi connectivity index (χ1n) is 8.18. The molecule has 1 saturated carbocycles. The molecule has 2 aliphatic rings. The second-order valence-electron chi connectivity index (χ2n) is 6.17. The van der Waals surface area contributed by atoms with E-state index in [1.54, 1.807) is 17.4 Å². The highest BCUT2D eigenvalue weighted by atomic mass is 32.1. The van der Waals surface area contributed by atoms with E-state index >= 15 is 0 Å². The average molecular weight is 333 g/mol. The van der Waals surface area contributed by atoms with E-state index < -0.39 is 0 Å². The molecule has 1 saturated heterocycles. The van der Waals surface area contributed by atoms with Gasteiger partial charge in [0.15, 0.2) is 0 Å². The molecule has 23 heavy (non-hydrogen) atoms. The van der Waals surface area contributed by atoms with Crippen molar-refractivity contribution in [2.45, 2.75) is 31.8 Å². The fourth-order valence-electron chi connectivity index (χ4n) is 2.69. The molecule has 3 rings (SSSR count). The molecule has 1 aromatic rings. The highest BCUT2D eigenvalue weighted by Gasteiger charge is 2.30. The molecular weight excluding hydrogens is 310 g/mol. The van der Waals surface area contributed by atoms with E-state index in [0.29, 0.717) is 19.1 Å². The van der Waals surface area contributed by atoms with Crippen molar-refractivity contribution in [2.75, 3.05) is 26.2 Å². The van der Waals surface area contributed by atoms with Gasteiger partial charge in [-0.15, -0.1) is 11.3 Å².